The van der Waals surface area contributed by atoms with Crippen LogP contribution in [-0.4, -0.2) is 49.8 Å². The summed E-state index contributed by atoms with van der Waals surface area (Å²) >= 11 is 0. The van der Waals surface area contributed by atoms with Gasteiger partial charge in [-0.15, -0.1) is 0 Å². The van der Waals surface area contributed by atoms with E-state index in [-0.39, 0.29) is 12.1 Å². The first-order chi connectivity index (χ1) is 8.99. The fraction of sp³-hybridized carbons (Fsp3) is 0.923. The maximum Gasteiger partial charge on any atom is 0.407 e. The van der Waals surface area contributed by atoms with Gasteiger partial charge < -0.3 is 10.1 Å². The normalized spacial score (nSPS) is 24.5. The number of hydrogen-bond acceptors (Lipinski definition) is 4. The predicted octanol–water partition coefficient (Wildman–Crippen LogP) is 1.71. The van der Waals surface area contributed by atoms with Gasteiger partial charge in [0, 0.05) is 19.1 Å². The molecule has 0 spiro atoms. The molecule has 1 aliphatic rings. The zero-order valence-corrected chi connectivity index (χ0v) is 13.8. The number of hydrogen-bond donors (Lipinski definition) is 1. The van der Waals surface area contributed by atoms with E-state index in [0.717, 1.165) is 25.7 Å². The lowest BCUT2D eigenvalue weighted by atomic mass is 9.91. The molecule has 0 bridgehead atoms. The quantitative estimate of drug-likeness (QED) is 0.861. The van der Waals surface area contributed by atoms with Gasteiger partial charge in [-0.25, -0.2) is 17.5 Å². The Hall–Kier alpha value is -0.820. The van der Waals surface area contributed by atoms with Gasteiger partial charge in [-0.3, -0.25) is 0 Å². The van der Waals surface area contributed by atoms with Crippen molar-refractivity contribution in [1.82, 2.24) is 9.62 Å². The molecule has 118 valence electrons. The molecule has 1 saturated carbocycles. The van der Waals surface area contributed by atoms with Crippen LogP contribution in [0.3, 0.4) is 0 Å². The molecular formula is C13H26N2O4S. The van der Waals surface area contributed by atoms with E-state index in [0.29, 0.717) is 0 Å². The summed E-state index contributed by atoms with van der Waals surface area (Å²) in [6, 6.07) is 0.0933. The molecule has 0 aliphatic heterocycles. The van der Waals surface area contributed by atoms with E-state index >= 15 is 0 Å². The van der Waals surface area contributed by atoms with E-state index < -0.39 is 21.7 Å². The number of ether oxygens (including phenoxy) is 1. The summed E-state index contributed by atoms with van der Waals surface area (Å²) in [5.41, 5.74) is -0.502. The third-order valence-corrected chi connectivity index (χ3v) is 4.80. The van der Waals surface area contributed by atoms with Crippen molar-refractivity contribution in [3.63, 3.8) is 0 Å². The van der Waals surface area contributed by atoms with Gasteiger partial charge in [-0.1, -0.05) is 0 Å². The summed E-state index contributed by atoms with van der Waals surface area (Å²) < 4.78 is 29.6. The van der Waals surface area contributed by atoms with Crippen LogP contribution in [-0.2, 0) is 14.8 Å². The van der Waals surface area contributed by atoms with Crippen molar-refractivity contribution in [3.8, 4) is 0 Å². The number of rotatable bonds is 3. The van der Waals surface area contributed by atoms with Gasteiger partial charge in [-0.05, 0) is 46.5 Å². The first-order valence-electron chi connectivity index (χ1n) is 6.91. The lowest BCUT2D eigenvalue weighted by Crippen LogP contribution is -2.45. The Balaban J connectivity index is 2.42. The zero-order chi connectivity index (χ0) is 15.6. The molecule has 1 amide bonds. The van der Waals surface area contributed by atoms with Crippen LogP contribution in [0.5, 0.6) is 0 Å². The number of nitrogens with one attached hydrogen (secondary N) is 1. The van der Waals surface area contributed by atoms with Crippen molar-refractivity contribution in [2.75, 3.05) is 13.3 Å². The Bertz CT molecular complexity index is 434. The first kappa shape index (κ1) is 17.2. The Kier molecular flexibility index (Phi) is 5.43. The fourth-order valence-electron chi connectivity index (χ4n) is 2.33. The van der Waals surface area contributed by atoms with Crippen LogP contribution in [0, 0.1) is 0 Å². The average molecular weight is 306 g/mol. The summed E-state index contributed by atoms with van der Waals surface area (Å²) in [6.45, 7) is 5.47. The molecular weight excluding hydrogens is 280 g/mol. The fourth-order valence-corrected chi connectivity index (χ4v) is 3.08. The van der Waals surface area contributed by atoms with Gasteiger partial charge in [0.15, 0.2) is 0 Å². The van der Waals surface area contributed by atoms with E-state index in [1.54, 1.807) is 7.05 Å². The van der Waals surface area contributed by atoms with Crippen molar-refractivity contribution >= 4 is 16.1 Å². The number of alkyl carbamates (subject to hydrolysis) is 1. The monoisotopic (exact) mass is 306 g/mol. The summed E-state index contributed by atoms with van der Waals surface area (Å²) in [5, 5.41) is 2.84. The van der Waals surface area contributed by atoms with Gasteiger partial charge >= 0.3 is 6.09 Å². The molecule has 0 unspecified atom stereocenters. The number of sulfonamides is 1. The Morgan fingerprint density at radius 2 is 1.70 bits per heavy atom. The predicted molar refractivity (Wildman–Crippen MR) is 78.0 cm³/mol. The van der Waals surface area contributed by atoms with Crippen molar-refractivity contribution in [1.29, 1.82) is 0 Å². The smallest absolute Gasteiger partial charge is 0.407 e. The summed E-state index contributed by atoms with van der Waals surface area (Å²) in [7, 11) is -1.53. The molecule has 0 radical (unpaired) electrons. The lowest BCUT2D eigenvalue weighted by molar-refractivity contribution is 0.0486. The third kappa shape index (κ3) is 5.66. The molecule has 0 saturated heterocycles. The Morgan fingerprint density at radius 1 is 1.20 bits per heavy atom. The average Bonchev–Trinajstić information content (AvgIpc) is 2.25. The minimum Gasteiger partial charge on any atom is -0.444 e. The highest BCUT2D eigenvalue weighted by atomic mass is 32.2. The number of amides is 1. The molecule has 0 atom stereocenters. The standard InChI is InChI=1S/C13H26N2O4S/c1-13(2,3)19-12(16)14-10-6-8-11(9-7-10)15(4)20(5,17)18/h10-11H,6-9H2,1-5H3,(H,14,16). The molecule has 6 nitrogen and oxygen atoms in total. The Morgan fingerprint density at radius 3 is 2.10 bits per heavy atom. The van der Waals surface area contributed by atoms with E-state index in [2.05, 4.69) is 5.32 Å². The van der Waals surface area contributed by atoms with Crippen LogP contribution >= 0.6 is 0 Å². The lowest BCUT2D eigenvalue weighted by Gasteiger charge is -2.33. The van der Waals surface area contributed by atoms with E-state index in [4.69, 9.17) is 4.74 Å². The highest BCUT2D eigenvalue weighted by Crippen LogP contribution is 2.24. The van der Waals surface area contributed by atoms with Gasteiger partial charge in [0.25, 0.3) is 0 Å². The summed E-state index contributed by atoms with van der Waals surface area (Å²) in [4.78, 5) is 11.7. The largest absolute Gasteiger partial charge is 0.444 e. The van der Waals surface area contributed by atoms with Gasteiger partial charge in [0.2, 0.25) is 10.0 Å². The molecule has 0 heterocycles. The van der Waals surface area contributed by atoms with Gasteiger partial charge in [0.1, 0.15) is 5.60 Å². The maximum absolute atomic E-state index is 11.7. The second-order valence-corrected chi connectivity index (χ2v) is 8.47. The minimum atomic E-state index is -3.15. The Labute approximate surface area is 121 Å². The molecule has 1 aliphatic carbocycles. The highest BCUT2D eigenvalue weighted by molar-refractivity contribution is 7.88. The molecule has 1 rings (SSSR count). The van der Waals surface area contributed by atoms with E-state index in [1.807, 2.05) is 20.8 Å². The SMILES string of the molecule is CN(C1CCC(NC(=O)OC(C)(C)C)CC1)S(C)(=O)=O. The second kappa shape index (κ2) is 6.30. The molecule has 7 heteroatoms. The number of carbonyl (C=O) groups excluding carboxylic acids is 1. The number of carbonyl (C=O) groups is 1. The minimum absolute atomic E-state index is 0.0293. The van der Waals surface area contributed by atoms with Crippen molar-refractivity contribution in [3.05, 3.63) is 0 Å². The van der Waals surface area contributed by atoms with Crippen LogP contribution < -0.4 is 5.32 Å². The van der Waals surface area contributed by atoms with Crippen LogP contribution in [0.4, 0.5) is 4.79 Å². The first-order valence-corrected chi connectivity index (χ1v) is 8.76. The van der Waals surface area contributed by atoms with Gasteiger partial charge in [-0.2, -0.15) is 0 Å². The third-order valence-electron chi connectivity index (χ3n) is 3.45. The van der Waals surface area contributed by atoms with Gasteiger partial charge in [0.05, 0.1) is 6.26 Å². The second-order valence-electron chi connectivity index (χ2n) is 6.43. The van der Waals surface area contributed by atoms with Crippen LogP contribution in [0.25, 0.3) is 0 Å². The van der Waals surface area contributed by atoms with Crippen LogP contribution in [0.1, 0.15) is 46.5 Å². The zero-order valence-electron chi connectivity index (χ0n) is 13.0. The van der Waals surface area contributed by atoms with E-state index in [1.165, 1.54) is 10.6 Å². The van der Waals surface area contributed by atoms with Crippen molar-refractivity contribution < 1.29 is 17.9 Å². The van der Waals surface area contributed by atoms with Crippen LogP contribution in [0.15, 0.2) is 0 Å². The highest BCUT2D eigenvalue weighted by Gasteiger charge is 2.29. The van der Waals surface area contributed by atoms with E-state index in [9.17, 15) is 13.2 Å². The number of nitrogens with zero attached hydrogens (tertiary/aromatic N) is 1. The van der Waals surface area contributed by atoms with Crippen LogP contribution in [0.2, 0.25) is 0 Å². The summed E-state index contributed by atoms with van der Waals surface area (Å²) in [6.07, 6.45) is 3.86. The molecule has 0 aromatic rings. The summed E-state index contributed by atoms with van der Waals surface area (Å²) in [5.74, 6) is 0. The molecule has 0 aromatic heterocycles. The van der Waals surface area contributed by atoms with Crippen molar-refractivity contribution in [2.45, 2.75) is 64.1 Å². The molecule has 1 fully saturated rings. The molecule has 1 N–H and O–H groups in total. The molecule has 0 aromatic carbocycles. The molecule has 20 heavy (non-hydrogen) atoms. The van der Waals surface area contributed by atoms with Crippen molar-refractivity contribution in [2.24, 2.45) is 0 Å². The maximum atomic E-state index is 11.7. The topological polar surface area (TPSA) is 75.7 Å².